The van der Waals surface area contributed by atoms with E-state index in [1.54, 1.807) is 0 Å². The van der Waals surface area contributed by atoms with Gasteiger partial charge >= 0.3 is 0 Å². The number of ether oxygens (including phenoxy) is 1. The molecule has 0 aliphatic carbocycles. The predicted molar refractivity (Wildman–Crippen MR) is 98.0 cm³/mol. The highest BCUT2D eigenvalue weighted by Gasteiger charge is 2.31. The highest BCUT2D eigenvalue weighted by Crippen LogP contribution is 2.23. The van der Waals surface area contributed by atoms with E-state index in [1.807, 2.05) is 24.9 Å². The molecule has 0 radical (unpaired) electrons. The number of anilines is 2. The summed E-state index contributed by atoms with van der Waals surface area (Å²) >= 11 is 0. The molecule has 1 unspecified atom stereocenters. The lowest BCUT2D eigenvalue weighted by Crippen LogP contribution is -2.39. The van der Waals surface area contributed by atoms with Crippen LogP contribution in [-0.4, -0.2) is 87.3 Å². The first-order chi connectivity index (χ1) is 11.9. The zero-order valence-corrected chi connectivity index (χ0v) is 15.8. The molecule has 2 aliphatic rings. The molecule has 0 amide bonds. The lowest BCUT2D eigenvalue weighted by Gasteiger charge is -2.27. The minimum absolute atomic E-state index is 0.0134. The van der Waals surface area contributed by atoms with Gasteiger partial charge in [0, 0.05) is 45.3 Å². The average Bonchev–Trinajstić information content (AvgIpc) is 2.94. The van der Waals surface area contributed by atoms with E-state index in [9.17, 15) is 8.42 Å². The quantitative estimate of drug-likeness (QED) is 0.758. The van der Waals surface area contributed by atoms with Crippen molar-refractivity contribution in [2.45, 2.75) is 19.4 Å². The zero-order valence-electron chi connectivity index (χ0n) is 14.9. The number of hydrogen-bond donors (Lipinski definition) is 1. The van der Waals surface area contributed by atoms with Crippen LogP contribution in [0.25, 0.3) is 0 Å². The van der Waals surface area contributed by atoms with Crippen LogP contribution in [-0.2, 0) is 14.6 Å². The molecule has 2 saturated heterocycles. The Morgan fingerprint density at radius 2 is 2.12 bits per heavy atom. The second-order valence-electron chi connectivity index (χ2n) is 6.71. The first-order valence-corrected chi connectivity index (χ1v) is 10.6. The predicted octanol–water partition coefficient (Wildman–Crippen LogP) is 0.152. The van der Waals surface area contributed by atoms with E-state index in [-0.39, 0.29) is 17.5 Å². The van der Waals surface area contributed by atoms with Crippen LogP contribution in [0.3, 0.4) is 0 Å². The number of hydrogen-bond acceptors (Lipinski definition) is 8. The Labute approximate surface area is 149 Å². The second kappa shape index (κ2) is 7.84. The molecule has 9 heteroatoms. The summed E-state index contributed by atoms with van der Waals surface area (Å²) in [7, 11) is -1.00. The number of nitrogens with one attached hydrogen (secondary N) is 1. The van der Waals surface area contributed by atoms with Crippen molar-refractivity contribution >= 4 is 21.5 Å². The third-order valence-corrected chi connectivity index (χ3v) is 6.53. The second-order valence-corrected chi connectivity index (χ2v) is 8.94. The van der Waals surface area contributed by atoms with Gasteiger partial charge in [-0.25, -0.2) is 18.4 Å². The number of aromatic nitrogens is 2. The molecule has 3 heterocycles. The molecule has 0 spiro atoms. The highest BCUT2D eigenvalue weighted by atomic mass is 32.2. The smallest absolute Gasteiger partial charge is 0.152 e. The minimum Gasteiger partial charge on any atom is -0.379 e. The van der Waals surface area contributed by atoms with Crippen molar-refractivity contribution in [2.75, 3.05) is 68.2 Å². The van der Waals surface area contributed by atoms with Gasteiger partial charge < -0.3 is 15.0 Å². The summed E-state index contributed by atoms with van der Waals surface area (Å²) in [5.41, 5.74) is 0. The van der Waals surface area contributed by atoms with Gasteiger partial charge in [-0.05, 0) is 13.3 Å². The standard InChI is InChI=1S/C16H27N5O3S/c1-13-18-15(17-4-5-21-6-8-24-9-7-21)11-16(19-13)20(2)14-3-10-25(22,23)12-14/h11,14H,3-10,12H2,1-2H3,(H,17,18,19). The van der Waals surface area contributed by atoms with Gasteiger partial charge in [0.1, 0.15) is 17.5 Å². The molecule has 3 rings (SSSR count). The fourth-order valence-corrected chi connectivity index (χ4v) is 5.03. The van der Waals surface area contributed by atoms with E-state index in [4.69, 9.17) is 4.74 Å². The van der Waals surface area contributed by atoms with Gasteiger partial charge in [-0.2, -0.15) is 0 Å². The lowest BCUT2D eigenvalue weighted by atomic mass is 10.2. The third-order valence-electron chi connectivity index (χ3n) is 4.78. The Balaban J connectivity index is 1.59. The fourth-order valence-electron chi connectivity index (χ4n) is 3.26. The molecule has 25 heavy (non-hydrogen) atoms. The van der Waals surface area contributed by atoms with Gasteiger partial charge in [0.05, 0.1) is 24.7 Å². The molecule has 1 N–H and O–H groups in total. The van der Waals surface area contributed by atoms with Crippen LogP contribution in [0.15, 0.2) is 6.07 Å². The summed E-state index contributed by atoms with van der Waals surface area (Å²) in [6.07, 6.45) is 0.654. The molecule has 2 aliphatic heterocycles. The van der Waals surface area contributed by atoms with E-state index < -0.39 is 9.84 Å². The van der Waals surface area contributed by atoms with Gasteiger partial charge in [-0.15, -0.1) is 0 Å². The largest absolute Gasteiger partial charge is 0.379 e. The number of morpholine rings is 1. The molecule has 1 aromatic rings. The SMILES string of the molecule is Cc1nc(NCCN2CCOCC2)cc(N(C)C2CCS(=O)(=O)C2)n1. The molecule has 140 valence electrons. The van der Waals surface area contributed by atoms with Gasteiger partial charge in [-0.3, -0.25) is 4.90 Å². The molecule has 2 fully saturated rings. The molecule has 0 aromatic carbocycles. The van der Waals surface area contributed by atoms with Crippen molar-refractivity contribution in [2.24, 2.45) is 0 Å². The number of nitrogens with zero attached hydrogens (tertiary/aromatic N) is 4. The topological polar surface area (TPSA) is 87.7 Å². The van der Waals surface area contributed by atoms with Crippen molar-refractivity contribution in [1.29, 1.82) is 0 Å². The van der Waals surface area contributed by atoms with Crippen molar-refractivity contribution < 1.29 is 13.2 Å². The molecular formula is C16H27N5O3S. The molecule has 1 atom stereocenters. The summed E-state index contributed by atoms with van der Waals surface area (Å²) in [6, 6.07) is 1.89. The number of rotatable bonds is 6. The van der Waals surface area contributed by atoms with E-state index in [0.29, 0.717) is 12.2 Å². The van der Waals surface area contributed by atoms with Crippen LogP contribution in [0.2, 0.25) is 0 Å². The van der Waals surface area contributed by atoms with E-state index in [1.165, 1.54) is 0 Å². The van der Waals surface area contributed by atoms with E-state index in [0.717, 1.165) is 51.0 Å². The molecule has 8 nitrogen and oxygen atoms in total. The van der Waals surface area contributed by atoms with Crippen molar-refractivity contribution in [3.8, 4) is 0 Å². The van der Waals surface area contributed by atoms with Crippen LogP contribution < -0.4 is 10.2 Å². The van der Waals surface area contributed by atoms with Crippen LogP contribution in [0, 0.1) is 6.92 Å². The first kappa shape index (κ1) is 18.3. The Kier molecular flexibility index (Phi) is 5.75. The Hall–Kier alpha value is -1.45. The first-order valence-electron chi connectivity index (χ1n) is 8.76. The minimum atomic E-state index is -2.91. The van der Waals surface area contributed by atoms with Gasteiger partial charge in [0.15, 0.2) is 9.84 Å². The molecule has 1 aromatic heterocycles. The van der Waals surface area contributed by atoms with Crippen LogP contribution >= 0.6 is 0 Å². The maximum Gasteiger partial charge on any atom is 0.152 e. The summed E-state index contributed by atoms with van der Waals surface area (Å²) in [5.74, 6) is 2.69. The maximum absolute atomic E-state index is 11.7. The van der Waals surface area contributed by atoms with Crippen molar-refractivity contribution in [3.05, 3.63) is 11.9 Å². The maximum atomic E-state index is 11.7. The lowest BCUT2D eigenvalue weighted by molar-refractivity contribution is 0.0398. The van der Waals surface area contributed by atoms with Gasteiger partial charge in [0.25, 0.3) is 0 Å². The Morgan fingerprint density at radius 1 is 1.36 bits per heavy atom. The van der Waals surface area contributed by atoms with Crippen molar-refractivity contribution in [3.63, 3.8) is 0 Å². The fraction of sp³-hybridized carbons (Fsp3) is 0.750. The monoisotopic (exact) mass is 369 g/mol. The summed E-state index contributed by atoms with van der Waals surface area (Å²) in [6.45, 7) is 7.13. The number of sulfone groups is 1. The zero-order chi connectivity index (χ0) is 17.9. The molecule has 0 saturated carbocycles. The van der Waals surface area contributed by atoms with Crippen molar-refractivity contribution in [1.82, 2.24) is 14.9 Å². The van der Waals surface area contributed by atoms with Crippen LogP contribution in [0.1, 0.15) is 12.2 Å². The van der Waals surface area contributed by atoms with E-state index in [2.05, 4.69) is 20.2 Å². The van der Waals surface area contributed by atoms with Gasteiger partial charge in [-0.1, -0.05) is 0 Å². The van der Waals surface area contributed by atoms with Gasteiger partial charge in [0.2, 0.25) is 0 Å². The van der Waals surface area contributed by atoms with E-state index >= 15 is 0 Å². The summed E-state index contributed by atoms with van der Waals surface area (Å²) < 4.78 is 28.8. The van der Waals surface area contributed by atoms with Crippen LogP contribution in [0.4, 0.5) is 11.6 Å². The van der Waals surface area contributed by atoms with Crippen LogP contribution in [0.5, 0.6) is 0 Å². The Morgan fingerprint density at radius 3 is 2.80 bits per heavy atom. The summed E-state index contributed by atoms with van der Waals surface area (Å²) in [4.78, 5) is 13.2. The molecular weight excluding hydrogens is 342 g/mol. The number of aryl methyl sites for hydroxylation is 1. The summed E-state index contributed by atoms with van der Waals surface area (Å²) in [5, 5.41) is 3.36. The third kappa shape index (κ3) is 5.02. The Bertz CT molecular complexity index is 691. The molecule has 0 bridgehead atoms. The highest BCUT2D eigenvalue weighted by molar-refractivity contribution is 7.91. The normalized spacial score (nSPS) is 23.5. The average molecular weight is 369 g/mol.